The molecule has 0 fully saturated rings. The summed E-state index contributed by atoms with van der Waals surface area (Å²) in [5.41, 5.74) is 9.27. The molecule has 0 amide bonds. The molecule has 0 atom stereocenters. The summed E-state index contributed by atoms with van der Waals surface area (Å²) in [5, 5.41) is 0.673. The quantitative estimate of drug-likeness (QED) is 0.916. The number of halogens is 1. The van der Waals surface area contributed by atoms with Crippen LogP contribution in [0.2, 0.25) is 5.02 Å². The molecular formula is C16H18ClN3. The van der Waals surface area contributed by atoms with Gasteiger partial charge in [0.2, 0.25) is 0 Å². The summed E-state index contributed by atoms with van der Waals surface area (Å²) in [7, 11) is 0. The normalized spacial score (nSPS) is 14.8. The van der Waals surface area contributed by atoms with Crippen molar-refractivity contribution in [1.29, 1.82) is 0 Å². The van der Waals surface area contributed by atoms with E-state index in [-0.39, 0.29) is 0 Å². The van der Waals surface area contributed by atoms with E-state index in [0.29, 0.717) is 11.6 Å². The van der Waals surface area contributed by atoms with Gasteiger partial charge in [0, 0.05) is 25.0 Å². The smallest absolute Gasteiger partial charge is 0.152 e. The zero-order chi connectivity index (χ0) is 13.9. The van der Waals surface area contributed by atoms with E-state index in [1.807, 2.05) is 6.07 Å². The van der Waals surface area contributed by atoms with Crippen molar-refractivity contribution in [2.75, 3.05) is 11.4 Å². The van der Waals surface area contributed by atoms with Crippen molar-refractivity contribution in [3.8, 4) is 0 Å². The lowest BCUT2D eigenvalue weighted by Gasteiger charge is -2.25. The Morgan fingerprint density at radius 3 is 2.90 bits per heavy atom. The van der Waals surface area contributed by atoms with Crippen LogP contribution in [0.1, 0.15) is 24.0 Å². The maximum absolute atomic E-state index is 6.48. The highest BCUT2D eigenvalue weighted by Crippen LogP contribution is 2.36. The van der Waals surface area contributed by atoms with Crippen LogP contribution in [0.4, 0.5) is 11.5 Å². The minimum absolute atomic E-state index is 0.434. The average molecular weight is 288 g/mol. The van der Waals surface area contributed by atoms with Crippen LogP contribution in [0.25, 0.3) is 0 Å². The van der Waals surface area contributed by atoms with Crippen molar-refractivity contribution in [2.45, 2.75) is 25.8 Å². The minimum Gasteiger partial charge on any atom is -0.326 e. The molecule has 0 unspecified atom stereocenters. The number of pyridine rings is 1. The first-order valence-electron chi connectivity index (χ1n) is 7.00. The molecule has 0 spiro atoms. The van der Waals surface area contributed by atoms with Crippen molar-refractivity contribution in [3.05, 3.63) is 52.7 Å². The van der Waals surface area contributed by atoms with E-state index in [1.54, 1.807) is 6.20 Å². The zero-order valence-corrected chi connectivity index (χ0v) is 12.1. The number of nitrogens with two attached hydrogens (primary N) is 1. The molecule has 0 saturated carbocycles. The first-order valence-corrected chi connectivity index (χ1v) is 7.38. The van der Waals surface area contributed by atoms with Crippen LogP contribution in [-0.2, 0) is 13.0 Å². The van der Waals surface area contributed by atoms with E-state index < -0.39 is 0 Å². The number of benzene rings is 1. The number of para-hydroxylation sites is 1. The Morgan fingerprint density at radius 1 is 1.20 bits per heavy atom. The number of hydrogen-bond acceptors (Lipinski definition) is 3. The zero-order valence-electron chi connectivity index (χ0n) is 11.3. The standard InChI is InChI=1S/C16H18ClN3/c17-15-13(11-18)8-9-19-16(15)20-10-4-3-6-12-5-1-2-7-14(12)20/h1-2,5,7-9H,3-4,6,10-11,18H2. The van der Waals surface area contributed by atoms with Crippen molar-refractivity contribution >= 4 is 23.1 Å². The van der Waals surface area contributed by atoms with Gasteiger partial charge < -0.3 is 10.6 Å². The highest BCUT2D eigenvalue weighted by atomic mass is 35.5. The molecule has 3 nitrogen and oxygen atoms in total. The summed E-state index contributed by atoms with van der Waals surface area (Å²) in [5.74, 6) is 0.823. The molecule has 1 aromatic carbocycles. The number of fused-ring (bicyclic) bond motifs is 1. The fourth-order valence-corrected chi connectivity index (χ4v) is 3.02. The Bertz CT molecular complexity index is 612. The first kappa shape index (κ1) is 13.4. The highest BCUT2D eigenvalue weighted by molar-refractivity contribution is 6.33. The summed E-state index contributed by atoms with van der Waals surface area (Å²) >= 11 is 6.48. The molecule has 104 valence electrons. The van der Waals surface area contributed by atoms with Crippen LogP contribution in [0.5, 0.6) is 0 Å². The van der Waals surface area contributed by atoms with Gasteiger partial charge in [-0.1, -0.05) is 29.8 Å². The maximum atomic E-state index is 6.48. The summed E-state index contributed by atoms with van der Waals surface area (Å²) in [6.45, 7) is 1.38. The molecule has 1 aliphatic rings. The third-order valence-corrected chi connectivity index (χ3v) is 4.20. The average Bonchev–Trinajstić information content (AvgIpc) is 2.70. The van der Waals surface area contributed by atoms with Gasteiger partial charge >= 0.3 is 0 Å². The lowest BCUT2D eigenvalue weighted by molar-refractivity contribution is 0.757. The molecule has 2 N–H and O–H groups in total. The van der Waals surface area contributed by atoms with E-state index in [4.69, 9.17) is 17.3 Å². The second kappa shape index (κ2) is 5.81. The van der Waals surface area contributed by atoms with Crippen molar-refractivity contribution in [3.63, 3.8) is 0 Å². The number of hydrogen-bond donors (Lipinski definition) is 1. The van der Waals surface area contributed by atoms with Crippen LogP contribution < -0.4 is 10.6 Å². The molecule has 0 saturated heterocycles. The predicted octanol–water partition coefficient (Wildman–Crippen LogP) is 3.67. The lowest BCUT2D eigenvalue weighted by Crippen LogP contribution is -2.20. The molecule has 20 heavy (non-hydrogen) atoms. The SMILES string of the molecule is NCc1ccnc(N2CCCCc3ccccc32)c1Cl. The molecular weight excluding hydrogens is 270 g/mol. The third-order valence-electron chi connectivity index (χ3n) is 3.79. The van der Waals surface area contributed by atoms with E-state index in [2.05, 4.69) is 34.1 Å². The third kappa shape index (κ3) is 2.39. The van der Waals surface area contributed by atoms with Crippen LogP contribution in [-0.4, -0.2) is 11.5 Å². The van der Waals surface area contributed by atoms with Gasteiger partial charge in [-0.3, -0.25) is 0 Å². The van der Waals surface area contributed by atoms with E-state index in [9.17, 15) is 0 Å². The van der Waals surface area contributed by atoms with E-state index >= 15 is 0 Å². The fourth-order valence-electron chi connectivity index (χ4n) is 2.73. The Kier molecular flexibility index (Phi) is 3.90. The second-order valence-corrected chi connectivity index (χ2v) is 5.43. The van der Waals surface area contributed by atoms with Gasteiger partial charge in [-0.2, -0.15) is 0 Å². The second-order valence-electron chi connectivity index (χ2n) is 5.05. The minimum atomic E-state index is 0.434. The Morgan fingerprint density at radius 2 is 2.05 bits per heavy atom. The molecule has 0 radical (unpaired) electrons. The Labute approximate surface area is 124 Å². The molecule has 1 aromatic heterocycles. The van der Waals surface area contributed by atoms with Gasteiger partial charge in [0.25, 0.3) is 0 Å². The number of aryl methyl sites for hydroxylation is 1. The summed E-state index contributed by atoms with van der Waals surface area (Å²) in [6.07, 6.45) is 5.24. The van der Waals surface area contributed by atoms with Crippen molar-refractivity contribution in [2.24, 2.45) is 5.73 Å². The van der Waals surface area contributed by atoms with Crippen LogP contribution >= 0.6 is 11.6 Å². The van der Waals surface area contributed by atoms with Gasteiger partial charge in [0.15, 0.2) is 5.82 Å². The van der Waals surface area contributed by atoms with Crippen LogP contribution in [0.15, 0.2) is 36.5 Å². The van der Waals surface area contributed by atoms with Gasteiger partial charge in [-0.05, 0) is 42.5 Å². The van der Waals surface area contributed by atoms with Gasteiger partial charge in [0.05, 0.1) is 5.02 Å². The Balaban J connectivity index is 2.10. The van der Waals surface area contributed by atoms with Crippen LogP contribution in [0, 0.1) is 0 Å². The highest BCUT2D eigenvalue weighted by Gasteiger charge is 2.20. The summed E-state index contributed by atoms with van der Waals surface area (Å²) in [6, 6.07) is 10.4. The number of aromatic nitrogens is 1. The Hall–Kier alpha value is -1.58. The summed E-state index contributed by atoms with van der Waals surface area (Å²) in [4.78, 5) is 6.72. The molecule has 2 aromatic rings. The van der Waals surface area contributed by atoms with Crippen LogP contribution in [0.3, 0.4) is 0 Å². The topological polar surface area (TPSA) is 42.1 Å². The molecule has 0 bridgehead atoms. The molecule has 1 aliphatic heterocycles. The van der Waals surface area contributed by atoms with Gasteiger partial charge in [0.1, 0.15) is 0 Å². The predicted molar refractivity (Wildman–Crippen MR) is 83.5 cm³/mol. The summed E-state index contributed by atoms with van der Waals surface area (Å²) < 4.78 is 0. The van der Waals surface area contributed by atoms with Gasteiger partial charge in [-0.15, -0.1) is 0 Å². The largest absolute Gasteiger partial charge is 0.326 e. The van der Waals surface area contributed by atoms with E-state index in [1.165, 1.54) is 17.7 Å². The van der Waals surface area contributed by atoms with Gasteiger partial charge in [-0.25, -0.2) is 4.98 Å². The molecule has 0 aliphatic carbocycles. The molecule has 2 heterocycles. The number of rotatable bonds is 2. The number of nitrogens with zero attached hydrogens (tertiary/aromatic N) is 2. The monoisotopic (exact) mass is 287 g/mol. The molecule has 3 rings (SSSR count). The van der Waals surface area contributed by atoms with Crippen molar-refractivity contribution < 1.29 is 0 Å². The lowest BCUT2D eigenvalue weighted by atomic mass is 10.1. The fraction of sp³-hybridized carbons (Fsp3) is 0.312. The molecule has 4 heteroatoms. The first-order chi connectivity index (χ1) is 9.81. The maximum Gasteiger partial charge on any atom is 0.152 e. The van der Waals surface area contributed by atoms with E-state index in [0.717, 1.165) is 30.8 Å². The number of anilines is 2. The van der Waals surface area contributed by atoms with Crippen molar-refractivity contribution in [1.82, 2.24) is 4.98 Å².